The minimum atomic E-state index is -4.45. The molecule has 3 N–H and O–H groups in total. The Morgan fingerprint density at radius 3 is 2.32 bits per heavy atom. The van der Waals surface area contributed by atoms with Gasteiger partial charge in [0.15, 0.2) is 0 Å². The molecule has 2 aromatic rings. The summed E-state index contributed by atoms with van der Waals surface area (Å²) in [4.78, 5) is 11.6. The Morgan fingerprint density at radius 1 is 1.00 bits per heavy atom. The zero-order valence-corrected chi connectivity index (χ0v) is 12.6. The molecule has 0 spiro atoms. The van der Waals surface area contributed by atoms with Crippen molar-refractivity contribution < 1.29 is 18.0 Å². The molecular weight excluding hydrogens is 363 g/mol. The Labute approximate surface area is 132 Å². The Bertz CT molecular complexity index is 659. The second kappa shape index (κ2) is 6.69. The van der Waals surface area contributed by atoms with Gasteiger partial charge in [-0.2, -0.15) is 13.2 Å². The number of urea groups is 1. The van der Waals surface area contributed by atoms with Crippen molar-refractivity contribution in [1.29, 1.82) is 0 Å². The number of benzene rings is 2. The van der Waals surface area contributed by atoms with E-state index >= 15 is 0 Å². The fourth-order valence-electron chi connectivity index (χ4n) is 1.60. The number of rotatable bonds is 3. The first-order chi connectivity index (χ1) is 10.3. The fourth-order valence-corrected chi connectivity index (χ4v) is 1.86. The molecule has 0 heterocycles. The van der Waals surface area contributed by atoms with Gasteiger partial charge < -0.3 is 5.32 Å². The maximum atomic E-state index is 12.6. The van der Waals surface area contributed by atoms with E-state index in [0.717, 1.165) is 16.6 Å². The number of carbonyl (C=O) groups is 1. The van der Waals surface area contributed by atoms with Crippen molar-refractivity contribution in [3.8, 4) is 0 Å². The van der Waals surface area contributed by atoms with Gasteiger partial charge in [0, 0.05) is 10.2 Å². The van der Waals surface area contributed by atoms with Crippen LogP contribution < -0.4 is 16.2 Å². The molecule has 4 nitrogen and oxygen atoms in total. The third-order valence-corrected chi connectivity index (χ3v) is 3.14. The average Bonchev–Trinajstić information content (AvgIpc) is 2.46. The van der Waals surface area contributed by atoms with Gasteiger partial charge >= 0.3 is 12.2 Å². The minimum Gasteiger partial charge on any atom is -0.307 e. The van der Waals surface area contributed by atoms with Crippen LogP contribution in [0.1, 0.15) is 5.56 Å². The summed E-state index contributed by atoms with van der Waals surface area (Å²) in [5.41, 5.74) is 4.81. The van der Waals surface area contributed by atoms with Crippen LogP contribution in [0.4, 0.5) is 29.3 Å². The SMILES string of the molecule is O=C(NNc1ccc(Br)cc1)Nc1cccc(C(F)(F)F)c1. The van der Waals surface area contributed by atoms with Gasteiger partial charge in [0.1, 0.15) is 0 Å². The highest BCUT2D eigenvalue weighted by Crippen LogP contribution is 2.30. The van der Waals surface area contributed by atoms with Gasteiger partial charge in [-0.1, -0.05) is 22.0 Å². The van der Waals surface area contributed by atoms with Gasteiger partial charge in [0.2, 0.25) is 0 Å². The number of carbonyl (C=O) groups excluding carboxylic acids is 1. The van der Waals surface area contributed by atoms with Gasteiger partial charge in [-0.05, 0) is 42.5 Å². The summed E-state index contributed by atoms with van der Waals surface area (Å²) >= 11 is 3.27. The molecular formula is C14H11BrF3N3O. The average molecular weight is 374 g/mol. The lowest BCUT2D eigenvalue weighted by atomic mass is 10.2. The minimum absolute atomic E-state index is 0.0462. The Balaban J connectivity index is 1.93. The molecule has 8 heteroatoms. The molecule has 0 atom stereocenters. The Morgan fingerprint density at radius 2 is 1.68 bits per heavy atom. The highest BCUT2D eigenvalue weighted by atomic mass is 79.9. The van der Waals surface area contributed by atoms with Gasteiger partial charge in [-0.15, -0.1) is 0 Å². The van der Waals surface area contributed by atoms with E-state index in [2.05, 4.69) is 32.1 Å². The van der Waals surface area contributed by atoms with E-state index in [4.69, 9.17) is 0 Å². The largest absolute Gasteiger partial charge is 0.416 e. The predicted molar refractivity (Wildman–Crippen MR) is 81.4 cm³/mol. The summed E-state index contributed by atoms with van der Waals surface area (Å²) in [6.07, 6.45) is -4.45. The summed E-state index contributed by atoms with van der Waals surface area (Å²) in [5, 5.41) is 2.31. The van der Waals surface area contributed by atoms with E-state index in [9.17, 15) is 18.0 Å². The molecule has 0 bridgehead atoms. The van der Waals surface area contributed by atoms with Gasteiger partial charge in [-0.3, -0.25) is 10.9 Å². The van der Waals surface area contributed by atoms with Gasteiger partial charge in [0.25, 0.3) is 0 Å². The van der Waals surface area contributed by atoms with E-state index in [-0.39, 0.29) is 5.69 Å². The van der Waals surface area contributed by atoms with Crippen LogP contribution in [0.5, 0.6) is 0 Å². The molecule has 2 amide bonds. The van der Waals surface area contributed by atoms with Crippen LogP contribution in [-0.2, 0) is 6.18 Å². The number of hydrogen-bond donors (Lipinski definition) is 3. The molecule has 22 heavy (non-hydrogen) atoms. The monoisotopic (exact) mass is 373 g/mol. The number of halogens is 4. The molecule has 0 radical (unpaired) electrons. The Kier molecular flexibility index (Phi) is 4.92. The third kappa shape index (κ3) is 4.66. The van der Waals surface area contributed by atoms with Crippen LogP contribution in [0, 0.1) is 0 Å². The molecule has 0 saturated carbocycles. The van der Waals surface area contributed by atoms with E-state index in [1.54, 1.807) is 24.3 Å². The van der Waals surface area contributed by atoms with Gasteiger partial charge in [0.05, 0.1) is 11.3 Å². The maximum absolute atomic E-state index is 12.6. The van der Waals surface area contributed by atoms with Crippen LogP contribution >= 0.6 is 15.9 Å². The number of nitrogens with one attached hydrogen (secondary N) is 3. The summed E-state index contributed by atoms with van der Waals surface area (Å²) in [5.74, 6) is 0. The second-order valence-corrected chi connectivity index (χ2v) is 5.21. The molecule has 0 unspecified atom stereocenters. The van der Waals surface area contributed by atoms with Crippen molar-refractivity contribution in [1.82, 2.24) is 5.43 Å². The number of hydrazine groups is 1. The van der Waals surface area contributed by atoms with E-state index < -0.39 is 17.8 Å². The summed E-state index contributed by atoms with van der Waals surface area (Å²) in [6, 6.07) is 10.7. The molecule has 116 valence electrons. The molecule has 2 aromatic carbocycles. The maximum Gasteiger partial charge on any atom is 0.416 e. The first-order valence-corrected chi connectivity index (χ1v) is 6.90. The van der Waals surface area contributed by atoms with Crippen LogP contribution in [0.3, 0.4) is 0 Å². The van der Waals surface area contributed by atoms with Gasteiger partial charge in [-0.25, -0.2) is 4.79 Å². The van der Waals surface area contributed by atoms with E-state index in [1.807, 2.05) is 0 Å². The summed E-state index contributed by atoms with van der Waals surface area (Å²) < 4.78 is 38.6. The molecule has 0 fully saturated rings. The molecule has 0 aliphatic carbocycles. The van der Waals surface area contributed by atoms with E-state index in [1.165, 1.54) is 12.1 Å². The lowest BCUT2D eigenvalue weighted by Gasteiger charge is -2.12. The second-order valence-electron chi connectivity index (χ2n) is 4.29. The van der Waals surface area contributed by atoms with Crippen molar-refractivity contribution in [2.45, 2.75) is 6.18 Å². The molecule has 0 saturated heterocycles. The fraction of sp³-hybridized carbons (Fsp3) is 0.0714. The summed E-state index contributed by atoms with van der Waals surface area (Å²) in [6.45, 7) is 0. The lowest BCUT2D eigenvalue weighted by Crippen LogP contribution is -2.33. The van der Waals surface area contributed by atoms with Crippen LogP contribution in [-0.4, -0.2) is 6.03 Å². The zero-order chi connectivity index (χ0) is 16.2. The van der Waals surface area contributed by atoms with Crippen LogP contribution in [0.2, 0.25) is 0 Å². The third-order valence-electron chi connectivity index (χ3n) is 2.61. The lowest BCUT2D eigenvalue weighted by molar-refractivity contribution is -0.137. The van der Waals surface area contributed by atoms with Crippen molar-refractivity contribution in [3.05, 3.63) is 58.6 Å². The first kappa shape index (κ1) is 16.2. The number of anilines is 2. The standard InChI is InChI=1S/C14H11BrF3N3O/c15-10-4-6-11(7-5-10)20-21-13(22)19-12-3-1-2-9(8-12)14(16,17)18/h1-8,20H,(H2,19,21,22). The molecule has 0 aromatic heterocycles. The predicted octanol–water partition coefficient (Wildman–Crippen LogP) is 4.62. The number of hydrogen-bond acceptors (Lipinski definition) is 2. The van der Waals surface area contributed by atoms with Crippen molar-refractivity contribution in [2.24, 2.45) is 0 Å². The number of amides is 2. The van der Waals surface area contributed by atoms with E-state index in [0.29, 0.717) is 5.69 Å². The normalized spacial score (nSPS) is 10.9. The van der Waals surface area contributed by atoms with Crippen molar-refractivity contribution in [3.63, 3.8) is 0 Å². The number of alkyl halides is 3. The quantitative estimate of drug-likeness (QED) is 0.687. The highest BCUT2D eigenvalue weighted by Gasteiger charge is 2.30. The first-order valence-electron chi connectivity index (χ1n) is 6.10. The van der Waals surface area contributed by atoms with Crippen LogP contribution in [0.15, 0.2) is 53.0 Å². The van der Waals surface area contributed by atoms with Crippen LogP contribution in [0.25, 0.3) is 0 Å². The molecule has 0 aliphatic heterocycles. The van der Waals surface area contributed by atoms with Crippen molar-refractivity contribution >= 4 is 33.3 Å². The summed E-state index contributed by atoms with van der Waals surface area (Å²) in [7, 11) is 0. The zero-order valence-electron chi connectivity index (χ0n) is 11.0. The molecule has 0 aliphatic rings. The molecule has 2 rings (SSSR count). The van der Waals surface area contributed by atoms with Crippen molar-refractivity contribution in [2.75, 3.05) is 10.7 Å². The topological polar surface area (TPSA) is 53.2 Å². The smallest absolute Gasteiger partial charge is 0.307 e. The highest BCUT2D eigenvalue weighted by molar-refractivity contribution is 9.10. The Hall–Kier alpha value is -2.22.